The van der Waals surface area contributed by atoms with Gasteiger partial charge in [0.2, 0.25) is 5.91 Å². The Bertz CT molecular complexity index is 813. The molecule has 1 heterocycles. The first-order valence-electron chi connectivity index (χ1n) is 8.84. The van der Waals surface area contributed by atoms with Gasteiger partial charge in [0.1, 0.15) is 5.75 Å². The molecular weight excluding hydrogens is 328 g/mol. The Labute approximate surface area is 154 Å². The normalized spacial score (nSPS) is 13.3. The maximum Gasteiger partial charge on any atom is 0.255 e. The number of hydrogen-bond acceptors (Lipinski definition) is 3. The summed E-state index contributed by atoms with van der Waals surface area (Å²) in [6.07, 6.45) is 0.848. The van der Waals surface area contributed by atoms with Crippen LogP contribution in [0.4, 0.5) is 5.69 Å². The molecule has 0 aromatic heterocycles. The van der Waals surface area contributed by atoms with Crippen molar-refractivity contribution in [2.45, 2.75) is 26.8 Å². The van der Waals surface area contributed by atoms with E-state index >= 15 is 0 Å². The molecule has 2 aromatic carbocycles. The van der Waals surface area contributed by atoms with Gasteiger partial charge in [-0.1, -0.05) is 19.9 Å². The molecule has 26 heavy (non-hydrogen) atoms. The second-order valence-electron chi connectivity index (χ2n) is 6.83. The van der Waals surface area contributed by atoms with Crippen molar-refractivity contribution >= 4 is 17.5 Å². The van der Waals surface area contributed by atoms with Crippen molar-refractivity contribution in [3.8, 4) is 5.75 Å². The van der Waals surface area contributed by atoms with Crippen molar-refractivity contribution < 1.29 is 14.3 Å². The second kappa shape index (κ2) is 7.60. The van der Waals surface area contributed by atoms with Gasteiger partial charge in [-0.2, -0.15) is 0 Å². The molecule has 0 fully saturated rings. The van der Waals surface area contributed by atoms with Crippen LogP contribution in [0.2, 0.25) is 0 Å². The lowest BCUT2D eigenvalue weighted by atomic mass is 9.98. The number of rotatable bonds is 4. The van der Waals surface area contributed by atoms with E-state index in [9.17, 15) is 9.59 Å². The smallest absolute Gasteiger partial charge is 0.255 e. The fourth-order valence-electron chi connectivity index (χ4n) is 3.13. The summed E-state index contributed by atoms with van der Waals surface area (Å²) < 4.78 is 5.11. The zero-order valence-corrected chi connectivity index (χ0v) is 15.4. The monoisotopic (exact) mass is 352 g/mol. The van der Waals surface area contributed by atoms with Crippen molar-refractivity contribution in [3.63, 3.8) is 0 Å². The molecule has 5 nitrogen and oxygen atoms in total. The molecule has 0 radical (unpaired) electrons. The van der Waals surface area contributed by atoms with Gasteiger partial charge in [0.05, 0.1) is 7.11 Å². The van der Waals surface area contributed by atoms with E-state index in [2.05, 4.69) is 5.32 Å². The van der Waals surface area contributed by atoms with Crippen LogP contribution in [0.15, 0.2) is 42.5 Å². The summed E-state index contributed by atoms with van der Waals surface area (Å²) in [6, 6.07) is 12.9. The first-order chi connectivity index (χ1) is 12.5. The van der Waals surface area contributed by atoms with Crippen LogP contribution in [0.1, 0.15) is 35.3 Å². The van der Waals surface area contributed by atoms with Gasteiger partial charge in [0, 0.05) is 30.3 Å². The van der Waals surface area contributed by atoms with Gasteiger partial charge in [0.15, 0.2) is 0 Å². The fourth-order valence-corrected chi connectivity index (χ4v) is 3.13. The zero-order chi connectivity index (χ0) is 18.7. The van der Waals surface area contributed by atoms with E-state index in [1.807, 2.05) is 36.9 Å². The third-order valence-electron chi connectivity index (χ3n) is 4.63. The Morgan fingerprint density at radius 1 is 1.08 bits per heavy atom. The molecule has 136 valence electrons. The largest absolute Gasteiger partial charge is 0.497 e. The molecule has 0 unspecified atom stereocenters. The van der Waals surface area contributed by atoms with Crippen molar-refractivity contribution in [1.29, 1.82) is 0 Å². The highest BCUT2D eigenvalue weighted by Crippen LogP contribution is 2.24. The summed E-state index contributed by atoms with van der Waals surface area (Å²) in [6.45, 7) is 5.19. The summed E-state index contributed by atoms with van der Waals surface area (Å²) in [4.78, 5) is 26.6. The van der Waals surface area contributed by atoms with Gasteiger partial charge in [0.25, 0.3) is 5.91 Å². The minimum atomic E-state index is -0.168. The maximum absolute atomic E-state index is 12.4. The van der Waals surface area contributed by atoms with Gasteiger partial charge in [-0.25, -0.2) is 0 Å². The summed E-state index contributed by atoms with van der Waals surface area (Å²) in [7, 11) is 1.59. The minimum Gasteiger partial charge on any atom is -0.497 e. The zero-order valence-electron chi connectivity index (χ0n) is 15.4. The molecule has 5 heteroatoms. The number of amides is 2. The molecule has 0 saturated heterocycles. The van der Waals surface area contributed by atoms with Crippen LogP contribution in [0.3, 0.4) is 0 Å². The summed E-state index contributed by atoms with van der Waals surface area (Å²) >= 11 is 0. The molecule has 1 N–H and O–H groups in total. The van der Waals surface area contributed by atoms with Gasteiger partial charge in [-0.05, 0) is 53.9 Å². The second-order valence-corrected chi connectivity index (χ2v) is 6.83. The predicted molar refractivity (Wildman–Crippen MR) is 101 cm³/mol. The van der Waals surface area contributed by atoms with Crippen LogP contribution in [-0.4, -0.2) is 30.4 Å². The topological polar surface area (TPSA) is 58.6 Å². The SMILES string of the molecule is COc1ccc(C(=O)Nc2ccc3c(c2)CN(C(=O)C(C)C)CC3)cc1. The van der Waals surface area contributed by atoms with Gasteiger partial charge < -0.3 is 15.0 Å². The third-order valence-corrected chi connectivity index (χ3v) is 4.63. The van der Waals surface area contributed by atoms with Crippen LogP contribution >= 0.6 is 0 Å². The minimum absolute atomic E-state index is 0.00509. The maximum atomic E-state index is 12.4. The number of benzene rings is 2. The Hall–Kier alpha value is -2.82. The standard InChI is InChI=1S/C21H24N2O3/c1-14(2)21(25)23-11-10-15-4-7-18(12-17(15)13-23)22-20(24)16-5-8-19(26-3)9-6-16/h4-9,12,14H,10-11,13H2,1-3H3,(H,22,24). The highest BCUT2D eigenvalue weighted by Gasteiger charge is 2.22. The Morgan fingerprint density at radius 3 is 2.46 bits per heavy atom. The van der Waals surface area contributed by atoms with E-state index in [0.29, 0.717) is 17.9 Å². The molecule has 3 rings (SSSR count). The lowest BCUT2D eigenvalue weighted by molar-refractivity contribution is -0.135. The Kier molecular flexibility index (Phi) is 5.26. The number of carbonyl (C=O) groups is 2. The molecule has 2 amide bonds. The molecule has 0 bridgehead atoms. The molecule has 1 aliphatic rings. The number of nitrogens with zero attached hydrogens (tertiary/aromatic N) is 1. The van der Waals surface area contributed by atoms with Crippen LogP contribution in [-0.2, 0) is 17.8 Å². The highest BCUT2D eigenvalue weighted by molar-refractivity contribution is 6.04. The Balaban J connectivity index is 1.73. The molecule has 1 aliphatic heterocycles. The lowest BCUT2D eigenvalue weighted by Gasteiger charge is -2.30. The summed E-state index contributed by atoms with van der Waals surface area (Å²) in [5.41, 5.74) is 3.64. The number of methoxy groups -OCH3 is 1. The Morgan fingerprint density at radius 2 is 1.81 bits per heavy atom. The molecule has 0 spiro atoms. The number of carbonyl (C=O) groups excluding carboxylic acids is 2. The molecule has 0 aliphatic carbocycles. The van der Waals surface area contributed by atoms with E-state index in [0.717, 1.165) is 24.2 Å². The summed E-state index contributed by atoms with van der Waals surface area (Å²) in [5.74, 6) is 0.710. The first-order valence-corrected chi connectivity index (χ1v) is 8.84. The number of ether oxygens (including phenoxy) is 1. The number of anilines is 1. The number of fused-ring (bicyclic) bond motifs is 1. The first kappa shape index (κ1) is 18.0. The van der Waals surface area contributed by atoms with Crippen molar-refractivity contribution in [2.24, 2.45) is 5.92 Å². The van der Waals surface area contributed by atoms with E-state index in [-0.39, 0.29) is 17.7 Å². The third kappa shape index (κ3) is 3.87. The van der Waals surface area contributed by atoms with Crippen LogP contribution in [0.5, 0.6) is 5.75 Å². The van der Waals surface area contributed by atoms with Gasteiger partial charge in [-0.15, -0.1) is 0 Å². The van der Waals surface area contributed by atoms with Crippen molar-refractivity contribution in [1.82, 2.24) is 4.90 Å². The molecule has 0 saturated carbocycles. The number of hydrogen-bond donors (Lipinski definition) is 1. The van der Waals surface area contributed by atoms with E-state index in [1.54, 1.807) is 31.4 Å². The van der Waals surface area contributed by atoms with Crippen LogP contribution in [0.25, 0.3) is 0 Å². The molecule has 2 aromatic rings. The van der Waals surface area contributed by atoms with E-state index in [1.165, 1.54) is 5.56 Å². The lowest BCUT2D eigenvalue weighted by Crippen LogP contribution is -2.38. The average Bonchev–Trinajstić information content (AvgIpc) is 2.66. The molecular formula is C21H24N2O3. The van der Waals surface area contributed by atoms with Crippen molar-refractivity contribution in [2.75, 3.05) is 19.0 Å². The quantitative estimate of drug-likeness (QED) is 0.916. The van der Waals surface area contributed by atoms with Crippen LogP contribution < -0.4 is 10.1 Å². The fraction of sp³-hybridized carbons (Fsp3) is 0.333. The van der Waals surface area contributed by atoms with Gasteiger partial charge >= 0.3 is 0 Å². The number of nitrogens with one attached hydrogen (secondary N) is 1. The average molecular weight is 352 g/mol. The van der Waals surface area contributed by atoms with Crippen molar-refractivity contribution in [3.05, 3.63) is 59.2 Å². The van der Waals surface area contributed by atoms with E-state index < -0.39 is 0 Å². The van der Waals surface area contributed by atoms with Gasteiger partial charge in [-0.3, -0.25) is 9.59 Å². The summed E-state index contributed by atoms with van der Waals surface area (Å²) in [5, 5.41) is 2.93. The molecule has 0 atom stereocenters. The van der Waals surface area contributed by atoms with Crippen LogP contribution in [0, 0.1) is 5.92 Å². The predicted octanol–water partition coefficient (Wildman–Crippen LogP) is 3.49. The highest BCUT2D eigenvalue weighted by atomic mass is 16.5. The van der Waals surface area contributed by atoms with E-state index in [4.69, 9.17) is 4.74 Å².